The smallest absolute Gasteiger partial charge is 0.253 e. The lowest BCUT2D eigenvalue weighted by atomic mass is 10.3. The summed E-state index contributed by atoms with van der Waals surface area (Å²) < 4.78 is 1.81. The lowest BCUT2D eigenvalue weighted by Crippen LogP contribution is -2.29. The van der Waals surface area contributed by atoms with Crippen molar-refractivity contribution in [3.63, 3.8) is 0 Å². The molecule has 0 N–H and O–H groups in total. The van der Waals surface area contributed by atoms with Crippen LogP contribution in [0.2, 0.25) is 0 Å². The highest BCUT2D eigenvalue weighted by Crippen LogP contribution is 2.06. The van der Waals surface area contributed by atoms with E-state index in [2.05, 4.69) is 4.90 Å². The first kappa shape index (κ1) is 10.4. The molecule has 3 heteroatoms. The van der Waals surface area contributed by atoms with E-state index in [0.29, 0.717) is 0 Å². The number of pyridine rings is 1. The van der Waals surface area contributed by atoms with Crippen molar-refractivity contribution in [2.75, 3.05) is 19.6 Å². The molecule has 0 saturated carbocycles. The zero-order valence-electron chi connectivity index (χ0n) is 9.28. The number of hydrogen-bond acceptors (Lipinski definition) is 2. The third-order valence-corrected chi connectivity index (χ3v) is 3.07. The summed E-state index contributed by atoms with van der Waals surface area (Å²) in [7, 11) is 0. The second kappa shape index (κ2) is 4.62. The third kappa shape index (κ3) is 2.48. The maximum Gasteiger partial charge on any atom is 0.253 e. The van der Waals surface area contributed by atoms with Gasteiger partial charge in [0.05, 0.1) is 0 Å². The molecule has 1 aromatic heterocycles. The molecule has 82 valence electrons. The van der Waals surface area contributed by atoms with E-state index in [9.17, 15) is 4.79 Å². The molecule has 2 rings (SSSR count). The molecule has 1 aliphatic rings. The average molecular weight is 206 g/mol. The van der Waals surface area contributed by atoms with Gasteiger partial charge in [-0.15, -0.1) is 0 Å². The Morgan fingerprint density at radius 3 is 2.73 bits per heavy atom. The first-order valence-corrected chi connectivity index (χ1v) is 5.66. The van der Waals surface area contributed by atoms with E-state index in [4.69, 9.17) is 0 Å². The van der Waals surface area contributed by atoms with Gasteiger partial charge in [-0.25, -0.2) is 0 Å². The Balaban J connectivity index is 1.98. The summed E-state index contributed by atoms with van der Waals surface area (Å²) in [6, 6.07) is 3.81. The molecule has 0 aromatic carbocycles. The van der Waals surface area contributed by atoms with Crippen molar-refractivity contribution in [3.8, 4) is 0 Å². The Labute approximate surface area is 90.3 Å². The van der Waals surface area contributed by atoms with E-state index in [1.54, 1.807) is 0 Å². The SMILES string of the molecule is Cc1cccn(CCN2CCCC2)c1=O. The van der Waals surface area contributed by atoms with Crippen molar-refractivity contribution < 1.29 is 0 Å². The summed E-state index contributed by atoms with van der Waals surface area (Å²) in [4.78, 5) is 14.1. The molecule has 2 heterocycles. The molecule has 1 fully saturated rings. The highest BCUT2D eigenvalue weighted by molar-refractivity contribution is 5.07. The van der Waals surface area contributed by atoms with E-state index >= 15 is 0 Å². The minimum absolute atomic E-state index is 0.150. The minimum Gasteiger partial charge on any atom is -0.314 e. The topological polar surface area (TPSA) is 25.2 Å². The molecule has 1 saturated heterocycles. The normalized spacial score (nSPS) is 17.1. The van der Waals surface area contributed by atoms with Gasteiger partial charge in [0.15, 0.2) is 0 Å². The fourth-order valence-electron chi connectivity index (χ4n) is 2.09. The first-order valence-electron chi connectivity index (χ1n) is 5.66. The van der Waals surface area contributed by atoms with E-state index in [-0.39, 0.29) is 5.56 Å². The molecule has 15 heavy (non-hydrogen) atoms. The minimum atomic E-state index is 0.150. The van der Waals surface area contributed by atoms with Crippen molar-refractivity contribution in [2.45, 2.75) is 26.3 Å². The maximum atomic E-state index is 11.7. The van der Waals surface area contributed by atoms with Crippen LogP contribution in [0.15, 0.2) is 23.1 Å². The predicted octanol–water partition coefficient (Wildman–Crippen LogP) is 1.25. The van der Waals surface area contributed by atoms with Gasteiger partial charge in [0.1, 0.15) is 0 Å². The van der Waals surface area contributed by atoms with Gasteiger partial charge >= 0.3 is 0 Å². The standard InChI is InChI=1S/C12H18N2O/c1-11-5-4-8-14(12(11)15)10-9-13-6-2-3-7-13/h4-5,8H,2-3,6-7,9-10H2,1H3. The second-order valence-corrected chi connectivity index (χ2v) is 4.24. The van der Waals surface area contributed by atoms with Crippen molar-refractivity contribution in [3.05, 3.63) is 34.2 Å². The van der Waals surface area contributed by atoms with E-state index < -0.39 is 0 Å². The zero-order valence-corrected chi connectivity index (χ0v) is 9.28. The predicted molar refractivity (Wildman–Crippen MR) is 61.1 cm³/mol. The van der Waals surface area contributed by atoms with Crippen LogP contribution in [0.3, 0.4) is 0 Å². The largest absolute Gasteiger partial charge is 0.314 e. The van der Waals surface area contributed by atoms with Crippen molar-refractivity contribution in [1.29, 1.82) is 0 Å². The molecule has 1 aromatic rings. The molecule has 0 atom stereocenters. The van der Waals surface area contributed by atoms with E-state index in [1.807, 2.05) is 29.8 Å². The Kier molecular flexibility index (Phi) is 3.21. The van der Waals surface area contributed by atoms with Gasteiger partial charge in [-0.05, 0) is 38.9 Å². The van der Waals surface area contributed by atoms with E-state index in [0.717, 1.165) is 18.7 Å². The molecular formula is C12H18N2O. The Morgan fingerprint density at radius 2 is 2.00 bits per heavy atom. The Bertz CT molecular complexity index is 377. The summed E-state index contributed by atoms with van der Waals surface area (Å²) in [5.74, 6) is 0. The fourth-order valence-corrected chi connectivity index (χ4v) is 2.09. The van der Waals surface area contributed by atoms with Crippen LogP contribution in [-0.2, 0) is 6.54 Å². The van der Waals surface area contributed by atoms with Crippen molar-refractivity contribution in [2.24, 2.45) is 0 Å². The Hall–Kier alpha value is -1.09. The fraction of sp³-hybridized carbons (Fsp3) is 0.583. The molecule has 0 aliphatic carbocycles. The van der Waals surface area contributed by atoms with Gasteiger partial charge in [0.2, 0.25) is 0 Å². The van der Waals surface area contributed by atoms with Crippen LogP contribution in [0.4, 0.5) is 0 Å². The molecule has 0 bridgehead atoms. The van der Waals surface area contributed by atoms with Gasteiger partial charge in [0, 0.05) is 24.8 Å². The van der Waals surface area contributed by atoms with Crippen molar-refractivity contribution in [1.82, 2.24) is 9.47 Å². The summed E-state index contributed by atoms with van der Waals surface area (Å²) in [6.07, 6.45) is 4.50. The highest BCUT2D eigenvalue weighted by Gasteiger charge is 2.10. The van der Waals surface area contributed by atoms with Crippen LogP contribution >= 0.6 is 0 Å². The first-order chi connectivity index (χ1) is 7.27. The monoisotopic (exact) mass is 206 g/mol. The lowest BCUT2D eigenvalue weighted by Gasteiger charge is -2.15. The number of aromatic nitrogens is 1. The Morgan fingerprint density at radius 1 is 1.27 bits per heavy atom. The van der Waals surface area contributed by atoms with Crippen LogP contribution in [0.25, 0.3) is 0 Å². The summed E-state index contributed by atoms with van der Waals surface area (Å²) in [5.41, 5.74) is 0.982. The molecule has 0 spiro atoms. The van der Waals surface area contributed by atoms with Crippen LogP contribution in [0.5, 0.6) is 0 Å². The van der Waals surface area contributed by atoms with Crippen LogP contribution in [-0.4, -0.2) is 29.1 Å². The molecule has 0 radical (unpaired) electrons. The molecule has 0 amide bonds. The van der Waals surface area contributed by atoms with Crippen LogP contribution < -0.4 is 5.56 Å². The quantitative estimate of drug-likeness (QED) is 0.743. The number of rotatable bonds is 3. The van der Waals surface area contributed by atoms with Crippen LogP contribution in [0.1, 0.15) is 18.4 Å². The van der Waals surface area contributed by atoms with Crippen molar-refractivity contribution >= 4 is 0 Å². The summed E-state index contributed by atoms with van der Waals surface area (Å²) in [6.45, 7) is 6.08. The van der Waals surface area contributed by atoms with Gasteiger partial charge in [-0.1, -0.05) is 6.07 Å². The van der Waals surface area contributed by atoms with Gasteiger partial charge < -0.3 is 9.47 Å². The highest BCUT2D eigenvalue weighted by atomic mass is 16.1. The molecule has 0 unspecified atom stereocenters. The summed E-state index contributed by atoms with van der Waals surface area (Å²) >= 11 is 0. The van der Waals surface area contributed by atoms with Gasteiger partial charge in [-0.2, -0.15) is 0 Å². The summed E-state index contributed by atoms with van der Waals surface area (Å²) in [5, 5.41) is 0. The van der Waals surface area contributed by atoms with Gasteiger partial charge in [0.25, 0.3) is 5.56 Å². The third-order valence-electron chi connectivity index (χ3n) is 3.07. The number of aryl methyl sites for hydroxylation is 1. The molecular weight excluding hydrogens is 188 g/mol. The molecule has 3 nitrogen and oxygen atoms in total. The van der Waals surface area contributed by atoms with Gasteiger partial charge in [-0.3, -0.25) is 4.79 Å². The zero-order chi connectivity index (χ0) is 10.7. The number of likely N-dealkylation sites (tertiary alicyclic amines) is 1. The lowest BCUT2D eigenvalue weighted by molar-refractivity contribution is 0.320. The van der Waals surface area contributed by atoms with Crippen LogP contribution in [0, 0.1) is 6.92 Å². The van der Waals surface area contributed by atoms with E-state index in [1.165, 1.54) is 25.9 Å². The number of hydrogen-bond donors (Lipinski definition) is 0. The molecule has 1 aliphatic heterocycles. The average Bonchev–Trinajstić information content (AvgIpc) is 2.73. The second-order valence-electron chi connectivity index (χ2n) is 4.24. The number of nitrogens with zero attached hydrogens (tertiary/aromatic N) is 2. The maximum absolute atomic E-state index is 11.7.